The largest absolute Gasteiger partial charge is 0.284 e. The lowest BCUT2D eigenvalue weighted by molar-refractivity contribution is 0.0890. The van der Waals surface area contributed by atoms with Gasteiger partial charge < -0.3 is 0 Å². The van der Waals surface area contributed by atoms with Crippen LogP contribution in [0.4, 0.5) is 4.39 Å². The first-order valence-corrected chi connectivity index (χ1v) is 8.56. The highest BCUT2D eigenvalue weighted by Crippen LogP contribution is 2.38. The van der Waals surface area contributed by atoms with Crippen LogP contribution in [0.1, 0.15) is 42.7 Å². The Morgan fingerprint density at radius 2 is 1.88 bits per heavy atom. The van der Waals surface area contributed by atoms with Crippen molar-refractivity contribution >= 4 is 16.8 Å². The Kier molecular flexibility index (Phi) is 4.67. The Bertz CT molecular complexity index is 995. The van der Waals surface area contributed by atoms with Crippen molar-refractivity contribution in [3.63, 3.8) is 0 Å². The fourth-order valence-corrected chi connectivity index (χ4v) is 3.42. The minimum absolute atomic E-state index is 0.0298. The summed E-state index contributed by atoms with van der Waals surface area (Å²) in [5, 5.41) is 9.85. The van der Waals surface area contributed by atoms with Gasteiger partial charge in [0, 0.05) is 23.1 Å². The van der Waals surface area contributed by atoms with Crippen LogP contribution in [0.3, 0.4) is 0 Å². The van der Waals surface area contributed by atoms with Crippen molar-refractivity contribution in [1.29, 1.82) is 5.26 Å². The molecule has 4 rings (SSSR count). The molecule has 25 heavy (non-hydrogen) atoms. The average Bonchev–Trinajstić information content (AvgIpc) is 2.99. The van der Waals surface area contributed by atoms with Gasteiger partial charge in [-0.05, 0) is 36.6 Å². The van der Waals surface area contributed by atoms with Gasteiger partial charge in [-0.1, -0.05) is 38.1 Å². The van der Waals surface area contributed by atoms with Gasteiger partial charge in [0.15, 0.2) is 0 Å². The molecule has 0 spiro atoms. The van der Waals surface area contributed by atoms with E-state index in [4.69, 9.17) is 5.26 Å². The third kappa shape index (κ3) is 2.72. The fraction of sp³-hybridized carbons (Fsp3) is 0.238. The number of rotatable bonds is 1. The Morgan fingerprint density at radius 1 is 1.12 bits per heavy atom. The maximum Gasteiger partial charge on any atom is 0.231 e. The molecule has 0 saturated carbocycles. The second kappa shape index (κ2) is 6.90. The molecule has 0 fully saturated rings. The van der Waals surface area contributed by atoms with Gasteiger partial charge in [0.05, 0.1) is 11.1 Å². The molecule has 0 bridgehead atoms. The first-order valence-electron chi connectivity index (χ1n) is 8.56. The van der Waals surface area contributed by atoms with E-state index in [1.807, 2.05) is 44.2 Å². The molecule has 2 aromatic carbocycles. The van der Waals surface area contributed by atoms with Crippen molar-refractivity contribution in [2.45, 2.75) is 33.1 Å². The van der Waals surface area contributed by atoms with Crippen LogP contribution in [0, 0.1) is 17.1 Å². The normalized spacial score (nSPS) is 13.0. The lowest BCUT2D eigenvalue weighted by Gasteiger charge is -2.16. The van der Waals surface area contributed by atoms with Crippen LogP contribution in [0.25, 0.3) is 22.0 Å². The molecular weight excluding hydrogens is 315 g/mol. The van der Waals surface area contributed by atoms with Crippen molar-refractivity contribution in [3.8, 4) is 17.2 Å². The highest BCUT2D eigenvalue weighted by Gasteiger charge is 2.25. The van der Waals surface area contributed by atoms with Crippen molar-refractivity contribution < 1.29 is 9.18 Å². The number of aromatic nitrogens is 1. The fourth-order valence-electron chi connectivity index (χ4n) is 3.42. The Labute approximate surface area is 146 Å². The summed E-state index contributed by atoms with van der Waals surface area (Å²) in [4.78, 5) is 12.4. The number of hydrogen-bond acceptors (Lipinski definition) is 2. The van der Waals surface area contributed by atoms with Crippen molar-refractivity contribution in [1.82, 2.24) is 4.57 Å². The van der Waals surface area contributed by atoms with E-state index in [2.05, 4.69) is 0 Å². The number of halogens is 1. The molecule has 0 unspecified atom stereocenters. The van der Waals surface area contributed by atoms with E-state index >= 15 is 0 Å². The molecule has 0 atom stereocenters. The molecule has 3 nitrogen and oxygen atoms in total. The number of fused-ring (bicyclic) bond motifs is 3. The molecule has 0 N–H and O–H groups in total. The number of benzene rings is 2. The molecule has 0 radical (unpaired) electrons. The second-order valence-corrected chi connectivity index (χ2v) is 5.73. The maximum absolute atomic E-state index is 14.1. The molecule has 3 aromatic rings. The van der Waals surface area contributed by atoms with Crippen LogP contribution < -0.4 is 0 Å². The second-order valence-electron chi connectivity index (χ2n) is 5.73. The van der Waals surface area contributed by atoms with E-state index in [-0.39, 0.29) is 11.5 Å². The zero-order chi connectivity index (χ0) is 18.0. The van der Waals surface area contributed by atoms with Gasteiger partial charge in [0.1, 0.15) is 11.9 Å². The quantitative estimate of drug-likeness (QED) is 0.604. The van der Waals surface area contributed by atoms with Gasteiger partial charge in [-0.25, -0.2) is 4.39 Å². The van der Waals surface area contributed by atoms with Gasteiger partial charge in [-0.3, -0.25) is 9.36 Å². The maximum atomic E-state index is 14.1. The summed E-state index contributed by atoms with van der Waals surface area (Å²) in [6.07, 6.45) is 2.13. The molecule has 1 aliphatic rings. The van der Waals surface area contributed by atoms with Crippen LogP contribution in [0.2, 0.25) is 0 Å². The van der Waals surface area contributed by atoms with Crippen LogP contribution in [0.5, 0.6) is 0 Å². The molecular formula is C21H19FN2O. The van der Waals surface area contributed by atoms with E-state index in [0.29, 0.717) is 12.0 Å². The molecule has 0 saturated heterocycles. The minimum Gasteiger partial charge on any atom is -0.284 e. The number of nitriles is 1. The third-order valence-corrected chi connectivity index (χ3v) is 4.40. The summed E-state index contributed by atoms with van der Waals surface area (Å²) >= 11 is 0. The van der Waals surface area contributed by atoms with E-state index in [1.165, 1.54) is 12.1 Å². The third-order valence-electron chi connectivity index (χ3n) is 4.40. The van der Waals surface area contributed by atoms with E-state index in [9.17, 15) is 9.18 Å². The molecule has 2 heterocycles. The SMILES string of the molecule is CC.N#Cc1ccc(-c2c3n(c4ccccc24)C(=O)CCC3)cc1F. The number of carbonyl (C=O) groups is 1. The van der Waals surface area contributed by atoms with E-state index < -0.39 is 5.82 Å². The standard InChI is InChI=1S/C19H13FN2O.C2H6/c20-15-10-12(8-9-13(15)11-21)19-14-4-1-2-5-16(14)22-17(19)6-3-7-18(22)23;1-2/h1-2,4-5,8-10H,3,6-7H2;1-2H3. The highest BCUT2D eigenvalue weighted by atomic mass is 19.1. The summed E-state index contributed by atoms with van der Waals surface area (Å²) in [6.45, 7) is 4.00. The monoisotopic (exact) mass is 334 g/mol. The molecule has 1 aromatic heterocycles. The number of nitrogens with zero attached hydrogens (tertiary/aromatic N) is 2. The van der Waals surface area contributed by atoms with Crippen LogP contribution in [0.15, 0.2) is 42.5 Å². The zero-order valence-corrected chi connectivity index (χ0v) is 14.3. The lowest BCUT2D eigenvalue weighted by Crippen LogP contribution is -2.18. The summed E-state index contributed by atoms with van der Waals surface area (Å²) in [5.41, 5.74) is 3.44. The van der Waals surface area contributed by atoms with Crippen LogP contribution >= 0.6 is 0 Å². The van der Waals surface area contributed by atoms with Crippen LogP contribution in [-0.4, -0.2) is 10.5 Å². The molecule has 4 heteroatoms. The Hall–Kier alpha value is -2.93. The first kappa shape index (κ1) is 16.9. The van der Waals surface area contributed by atoms with Crippen molar-refractivity contribution in [3.05, 3.63) is 59.5 Å². The summed E-state index contributed by atoms with van der Waals surface area (Å²) in [6, 6.07) is 14.2. The van der Waals surface area contributed by atoms with Gasteiger partial charge in [0.25, 0.3) is 0 Å². The summed E-state index contributed by atoms with van der Waals surface area (Å²) in [7, 11) is 0. The van der Waals surface area contributed by atoms with Gasteiger partial charge in [-0.2, -0.15) is 5.26 Å². The molecule has 0 amide bonds. The predicted molar refractivity (Wildman–Crippen MR) is 97.0 cm³/mol. The van der Waals surface area contributed by atoms with Gasteiger partial charge in [-0.15, -0.1) is 0 Å². The Morgan fingerprint density at radius 3 is 2.60 bits per heavy atom. The number of para-hydroxylation sites is 1. The number of hydrogen-bond donors (Lipinski definition) is 0. The molecule has 126 valence electrons. The minimum atomic E-state index is -0.531. The average molecular weight is 334 g/mol. The van der Waals surface area contributed by atoms with Crippen LogP contribution in [-0.2, 0) is 6.42 Å². The highest BCUT2D eigenvalue weighted by molar-refractivity contribution is 6.04. The van der Waals surface area contributed by atoms with Gasteiger partial charge >= 0.3 is 0 Å². The zero-order valence-electron chi connectivity index (χ0n) is 14.3. The summed E-state index contributed by atoms with van der Waals surface area (Å²) < 4.78 is 15.8. The Balaban J connectivity index is 0.000000880. The van der Waals surface area contributed by atoms with E-state index in [0.717, 1.165) is 35.0 Å². The summed E-state index contributed by atoms with van der Waals surface area (Å²) in [5.74, 6) is -0.445. The van der Waals surface area contributed by atoms with E-state index in [1.54, 1.807) is 10.6 Å². The van der Waals surface area contributed by atoms with Crippen molar-refractivity contribution in [2.75, 3.05) is 0 Å². The molecule has 1 aliphatic heterocycles. The number of carbonyl (C=O) groups excluding carboxylic acids is 1. The topological polar surface area (TPSA) is 45.8 Å². The smallest absolute Gasteiger partial charge is 0.231 e. The predicted octanol–water partition coefficient (Wildman–Crippen LogP) is 5.32. The molecule has 0 aliphatic carbocycles. The first-order chi connectivity index (χ1) is 12.2. The van der Waals surface area contributed by atoms with Crippen molar-refractivity contribution in [2.24, 2.45) is 0 Å². The van der Waals surface area contributed by atoms with Gasteiger partial charge in [0.2, 0.25) is 5.91 Å². The lowest BCUT2D eigenvalue weighted by atomic mass is 9.97.